The zero-order valence-electron chi connectivity index (χ0n) is 5.32. The van der Waals surface area contributed by atoms with Crippen LogP contribution in [0.1, 0.15) is 0 Å². The van der Waals surface area contributed by atoms with Gasteiger partial charge in [-0.2, -0.15) is 4.36 Å². The van der Waals surface area contributed by atoms with E-state index in [4.69, 9.17) is 0 Å². The van der Waals surface area contributed by atoms with Crippen molar-refractivity contribution in [3.63, 3.8) is 0 Å². The molecule has 0 saturated carbocycles. The molecule has 0 fully saturated rings. The van der Waals surface area contributed by atoms with Gasteiger partial charge in [0.15, 0.2) is 0 Å². The van der Waals surface area contributed by atoms with Crippen molar-refractivity contribution in [1.82, 2.24) is 0 Å². The van der Waals surface area contributed by atoms with Crippen LogP contribution in [0.15, 0.2) is 35.7 Å². The minimum atomic E-state index is 1.01. The quantitative estimate of drug-likeness (QED) is 0.643. The second-order valence-corrected chi connectivity index (χ2v) is 4.43. The third kappa shape index (κ3) is 1.55. The molecule has 0 radical (unpaired) electrons. The van der Waals surface area contributed by atoms with Gasteiger partial charge in [-0.05, 0) is 18.2 Å². The maximum absolute atomic E-state index is 4.14. The van der Waals surface area contributed by atoms with Gasteiger partial charge in [-0.15, -0.1) is 3.77 Å². The first-order valence-electron chi connectivity index (χ1n) is 2.90. The molecule has 0 N–H and O–H groups in total. The van der Waals surface area contributed by atoms with Gasteiger partial charge in [0.25, 0.3) is 0 Å². The van der Waals surface area contributed by atoms with Crippen molar-refractivity contribution in [2.24, 2.45) is 8.13 Å². The molecule has 1 aliphatic rings. The monoisotopic (exact) mass is 246 g/mol. The molecule has 1 aromatic rings. The van der Waals surface area contributed by atoms with Crippen molar-refractivity contribution < 1.29 is 0 Å². The van der Waals surface area contributed by atoms with Crippen LogP contribution in [0, 0.1) is 0 Å². The summed E-state index contributed by atoms with van der Waals surface area (Å²) in [4.78, 5) is 1.11. The van der Waals surface area contributed by atoms with Crippen molar-refractivity contribution >= 4 is 44.9 Å². The first kappa shape index (κ1) is 7.52. The lowest BCUT2D eigenvalue weighted by Gasteiger charge is -2.01. The molecule has 0 atom stereocenters. The Labute approximate surface area is 80.5 Å². The van der Waals surface area contributed by atoms with Gasteiger partial charge >= 0.3 is 0 Å². The predicted molar refractivity (Wildman–Crippen MR) is 51.9 cm³/mol. The fraction of sp³-hybridized carbons (Fsp3) is 0. The Balaban J connectivity index is 2.60. The summed E-state index contributed by atoms with van der Waals surface area (Å²) in [5.74, 6) is 0. The highest BCUT2D eigenvalue weighted by molar-refractivity contribution is 9.10. The molecule has 0 bridgehead atoms. The summed E-state index contributed by atoms with van der Waals surface area (Å²) in [5.41, 5.74) is 1.01. The molecule has 0 aliphatic carbocycles. The maximum atomic E-state index is 4.14. The third-order valence-corrected chi connectivity index (χ3v) is 3.09. The summed E-state index contributed by atoms with van der Waals surface area (Å²) in [5, 5.41) is 0. The molecule has 2 nitrogen and oxygen atoms in total. The molecule has 11 heavy (non-hydrogen) atoms. The van der Waals surface area contributed by atoms with E-state index in [0.29, 0.717) is 0 Å². The summed E-state index contributed by atoms with van der Waals surface area (Å²) in [6.45, 7) is 0. The van der Waals surface area contributed by atoms with Gasteiger partial charge in [0, 0.05) is 16.4 Å². The maximum Gasteiger partial charge on any atom is 0.0931 e. The van der Waals surface area contributed by atoms with Crippen LogP contribution in [0.3, 0.4) is 0 Å². The number of halogens is 1. The van der Waals surface area contributed by atoms with Crippen LogP contribution in [0.25, 0.3) is 0 Å². The van der Waals surface area contributed by atoms with Crippen molar-refractivity contribution in [1.29, 1.82) is 0 Å². The average molecular weight is 247 g/mol. The molecule has 0 saturated heterocycles. The molecule has 5 heteroatoms. The lowest BCUT2D eigenvalue weighted by atomic mass is 10.3. The molecule has 0 amide bonds. The van der Waals surface area contributed by atoms with E-state index in [1.54, 1.807) is 0 Å². The van der Waals surface area contributed by atoms with E-state index in [0.717, 1.165) is 15.1 Å². The highest BCUT2D eigenvalue weighted by atomic mass is 79.9. The second kappa shape index (κ2) is 3.08. The smallest absolute Gasteiger partial charge is 0.0931 e. The Morgan fingerprint density at radius 1 is 1.36 bits per heavy atom. The van der Waals surface area contributed by atoms with Gasteiger partial charge < -0.3 is 0 Å². The van der Waals surface area contributed by atoms with Crippen molar-refractivity contribution in [3.05, 3.63) is 22.7 Å². The molecule has 0 spiro atoms. The van der Waals surface area contributed by atoms with Crippen LogP contribution < -0.4 is 0 Å². The van der Waals surface area contributed by atoms with E-state index >= 15 is 0 Å². The van der Waals surface area contributed by atoms with Gasteiger partial charge in [-0.25, -0.2) is 0 Å². The molecule has 1 heterocycles. The third-order valence-electron chi connectivity index (χ3n) is 1.23. The van der Waals surface area contributed by atoms with Crippen molar-refractivity contribution in [2.75, 3.05) is 0 Å². The molecule has 0 unspecified atom stereocenters. The lowest BCUT2D eigenvalue weighted by molar-refractivity contribution is 1.37. The van der Waals surface area contributed by atoms with E-state index in [2.05, 4.69) is 24.1 Å². The normalized spacial score (nSPS) is 13.9. The summed E-state index contributed by atoms with van der Waals surface area (Å²) >= 11 is 6.10. The first-order chi connectivity index (χ1) is 5.36. The highest BCUT2D eigenvalue weighted by Crippen LogP contribution is 2.34. The number of nitrogens with zero attached hydrogens (tertiary/aromatic N) is 2. The highest BCUT2D eigenvalue weighted by Gasteiger charge is 2.04. The molecular formula is C6H3BrN2S2. The number of benzene rings is 1. The van der Waals surface area contributed by atoms with E-state index in [-0.39, 0.29) is 0 Å². The Bertz CT molecular complexity index is 358. The Kier molecular flexibility index (Phi) is 2.11. The second-order valence-electron chi connectivity index (χ2n) is 1.95. The summed E-state index contributed by atoms with van der Waals surface area (Å²) in [6.07, 6.45) is 0. The van der Waals surface area contributed by atoms with E-state index < -0.39 is 0 Å². The summed E-state index contributed by atoms with van der Waals surface area (Å²) in [7, 11) is 0. The minimum Gasteiger partial charge on any atom is -0.174 e. The van der Waals surface area contributed by atoms with Crippen molar-refractivity contribution in [2.45, 2.75) is 4.90 Å². The van der Waals surface area contributed by atoms with Crippen LogP contribution in [0.2, 0.25) is 0 Å². The zero-order chi connectivity index (χ0) is 7.68. The van der Waals surface area contributed by atoms with Crippen LogP contribution in [0.4, 0.5) is 5.69 Å². The Hall–Kier alpha value is -0.130. The van der Waals surface area contributed by atoms with Crippen LogP contribution in [-0.2, 0) is 11.4 Å². The minimum absolute atomic E-state index is 1.01. The van der Waals surface area contributed by atoms with Gasteiger partial charge in [-0.3, -0.25) is 0 Å². The largest absolute Gasteiger partial charge is 0.174 e. The zero-order valence-corrected chi connectivity index (χ0v) is 8.54. The number of hydrogen-bond acceptors (Lipinski definition) is 3. The van der Waals surface area contributed by atoms with E-state index in [1.807, 2.05) is 18.2 Å². The van der Waals surface area contributed by atoms with E-state index in [9.17, 15) is 0 Å². The molecule has 0 aromatic heterocycles. The first-order valence-corrected chi connectivity index (χ1v) is 5.20. The predicted octanol–water partition coefficient (Wildman–Crippen LogP) is 3.55. The van der Waals surface area contributed by atoms with Gasteiger partial charge in [-0.1, -0.05) is 15.9 Å². The SMILES string of the molecule is Brc1ccc2c(c1)SN=S=N2. The van der Waals surface area contributed by atoms with Gasteiger partial charge in [0.2, 0.25) is 0 Å². The molecular weight excluding hydrogens is 244 g/mol. The fourth-order valence-electron chi connectivity index (χ4n) is 0.754. The van der Waals surface area contributed by atoms with Gasteiger partial charge in [0.05, 0.1) is 21.9 Å². The Morgan fingerprint density at radius 2 is 2.27 bits per heavy atom. The molecule has 1 aromatic carbocycles. The molecule has 1 aliphatic heterocycles. The molecule has 2 rings (SSSR count). The summed E-state index contributed by atoms with van der Waals surface area (Å²) in [6, 6.07) is 5.98. The average Bonchev–Trinajstić information content (AvgIpc) is 2.04. The van der Waals surface area contributed by atoms with Gasteiger partial charge in [0.1, 0.15) is 0 Å². The van der Waals surface area contributed by atoms with E-state index in [1.165, 1.54) is 23.3 Å². The van der Waals surface area contributed by atoms with Crippen LogP contribution in [0.5, 0.6) is 0 Å². The summed E-state index contributed by atoms with van der Waals surface area (Å²) < 4.78 is 9.22. The van der Waals surface area contributed by atoms with Crippen LogP contribution >= 0.6 is 27.9 Å². The molecule has 56 valence electrons. The number of hydrogen-bond donors (Lipinski definition) is 0. The topological polar surface area (TPSA) is 24.7 Å². The fourth-order valence-corrected chi connectivity index (χ4v) is 2.55. The number of rotatable bonds is 0. The van der Waals surface area contributed by atoms with Crippen molar-refractivity contribution in [3.8, 4) is 0 Å². The Morgan fingerprint density at radius 3 is 3.18 bits per heavy atom. The van der Waals surface area contributed by atoms with Crippen LogP contribution in [-0.4, -0.2) is 0 Å². The lowest BCUT2D eigenvalue weighted by Crippen LogP contribution is -1.74. The number of fused-ring (bicyclic) bond motifs is 1. The standard InChI is InChI=1S/C6H3BrN2S2/c7-4-1-2-5-6(3-4)10-9-11-8-5/h1-3H.